The summed E-state index contributed by atoms with van der Waals surface area (Å²) >= 11 is 3.43. The summed E-state index contributed by atoms with van der Waals surface area (Å²) in [6.45, 7) is 6.79. The first-order valence-electron chi connectivity index (χ1n) is 4.36. The van der Waals surface area contributed by atoms with Gasteiger partial charge in [0.15, 0.2) is 0 Å². The number of halogens is 1. The highest BCUT2D eigenvalue weighted by atomic mass is 79.9. The highest BCUT2D eigenvalue weighted by molar-refractivity contribution is 9.10. The van der Waals surface area contributed by atoms with Crippen LogP contribution in [0.4, 0.5) is 0 Å². The van der Waals surface area contributed by atoms with Gasteiger partial charge in [0.25, 0.3) is 0 Å². The Balaban J connectivity index is 2.82. The quantitative estimate of drug-likeness (QED) is 0.709. The molecule has 0 aliphatic rings. The monoisotopic (exact) mass is 226 g/mol. The highest BCUT2D eigenvalue weighted by Crippen LogP contribution is 2.24. The molecule has 1 aromatic carbocycles. The molecule has 0 bridgehead atoms. The van der Waals surface area contributed by atoms with Crippen LogP contribution in [-0.2, 0) is 0 Å². The molecule has 0 aromatic heterocycles. The molecule has 0 aliphatic carbocycles. The first-order chi connectivity index (χ1) is 5.61. The lowest BCUT2D eigenvalue weighted by Gasteiger charge is -2.15. The van der Waals surface area contributed by atoms with Crippen molar-refractivity contribution in [2.24, 2.45) is 5.92 Å². The summed E-state index contributed by atoms with van der Waals surface area (Å²) < 4.78 is 1.15. The van der Waals surface area contributed by atoms with Crippen LogP contribution in [0.2, 0.25) is 0 Å². The van der Waals surface area contributed by atoms with E-state index in [1.807, 2.05) is 0 Å². The molecule has 0 saturated carbocycles. The second-order valence-electron chi connectivity index (χ2n) is 3.58. The standard InChI is InChI=1S/C11H15Br/c1-8(2)9(3)10-4-6-11(12)7-5-10/h4-9H,1-3H3. The predicted molar refractivity (Wildman–Crippen MR) is 57.4 cm³/mol. The Bertz CT molecular complexity index is 236. The number of rotatable bonds is 2. The van der Waals surface area contributed by atoms with Crippen molar-refractivity contribution in [1.82, 2.24) is 0 Å². The Hall–Kier alpha value is -0.300. The van der Waals surface area contributed by atoms with Crippen LogP contribution < -0.4 is 0 Å². The molecule has 1 unspecified atom stereocenters. The zero-order chi connectivity index (χ0) is 9.14. The lowest BCUT2D eigenvalue weighted by molar-refractivity contribution is 0.535. The fourth-order valence-electron chi connectivity index (χ4n) is 1.15. The molecule has 0 aliphatic heterocycles. The van der Waals surface area contributed by atoms with Crippen LogP contribution in [0.25, 0.3) is 0 Å². The third-order valence-corrected chi connectivity index (χ3v) is 2.92. The van der Waals surface area contributed by atoms with Crippen LogP contribution in [0.3, 0.4) is 0 Å². The lowest BCUT2D eigenvalue weighted by atomic mass is 9.91. The van der Waals surface area contributed by atoms with E-state index in [-0.39, 0.29) is 0 Å². The maximum absolute atomic E-state index is 3.43. The van der Waals surface area contributed by atoms with Gasteiger partial charge < -0.3 is 0 Å². The van der Waals surface area contributed by atoms with Gasteiger partial charge >= 0.3 is 0 Å². The average Bonchev–Trinajstić information content (AvgIpc) is 2.04. The van der Waals surface area contributed by atoms with E-state index >= 15 is 0 Å². The first-order valence-corrected chi connectivity index (χ1v) is 5.16. The van der Waals surface area contributed by atoms with Crippen LogP contribution >= 0.6 is 15.9 Å². The third kappa shape index (κ3) is 2.34. The van der Waals surface area contributed by atoms with Gasteiger partial charge in [-0.1, -0.05) is 48.8 Å². The first kappa shape index (κ1) is 9.79. The van der Waals surface area contributed by atoms with E-state index < -0.39 is 0 Å². The Morgan fingerprint density at radius 1 is 1.00 bits per heavy atom. The van der Waals surface area contributed by atoms with Crippen LogP contribution in [-0.4, -0.2) is 0 Å². The molecule has 1 heteroatoms. The smallest absolute Gasteiger partial charge is 0.0175 e. The molecule has 1 aromatic rings. The molecule has 66 valence electrons. The largest absolute Gasteiger partial charge is 0.0622 e. The summed E-state index contributed by atoms with van der Waals surface area (Å²) in [5.41, 5.74) is 1.42. The summed E-state index contributed by atoms with van der Waals surface area (Å²) in [4.78, 5) is 0. The zero-order valence-electron chi connectivity index (χ0n) is 7.84. The summed E-state index contributed by atoms with van der Waals surface area (Å²) in [6.07, 6.45) is 0. The van der Waals surface area contributed by atoms with Gasteiger partial charge in [-0.25, -0.2) is 0 Å². The van der Waals surface area contributed by atoms with Gasteiger partial charge in [0, 0.05) is 4.47 Å². The molecule has 1 rings (SSSR count). The zero-order valence-corrected chi connectivity index (χ0v) is 9.43. The van der Waals surface area contributed by atoms with E-state index in [9.17, 15) is 0 Å². The lowest BCUT2D eigenvalue weighted by Crippen LogP contribution is -2.01. The molecule has 1 atom stereocenters. The van der Waals surface area contributed by atoms with E-state index in [2.05, 4.69) is 61.0 Å². The van der Waals surface area contributed by atoms with Crippen LogP contribution in [0.1, 0.15) is 32.3 Å². The van der Waals surface area contributed by atoms with Gasteiger partial charge in [-0.3, -0.25) is 0 Å². The molecule has 0 nitrogen and oxygen atoms in total. The molecule has 0 heterocycles. The van der Waals surface area contributed by atoms with E-state index in [1.165, 1.54) is 5.56 Å². The van der Waals surface area contributed by atoms with Crippen molar-refractivity contribution in [1.29, 1.82) is 0 Å². The van der Waals surface area contributed by atoms with Crippen molar-refractivity contribution in [2.75, 3.05) is 0 Å². The molecule has 0 spiro atoms. The topological polar surface area (TPSA) is 0 Å². The Morgan fingerprint density at radius 3 is 1.92 bits per heavy atom. The Kier molecular flexibility index (Phi) is 3.33. The van der Waals surface area contributed by atoms with Crippen molar-refractivity contribution in [3.63, 3.8) is 0 Å². The number of hydrogen-bond acceptors (Lipinski definition) is 0. The van der Waals surface area contributed by atoms with Gasteiger partial charge in [0.2, 0.25) is 0 Å². The second kappa shape index (κ2) is 4.08. The van der Waals surface area contributed by atoms with E-state index in [4.69, 9.17) is 0 Å². The molecule has 0 fully saturated rings. The summed E-state index contributed by atoms with van der Waals surface area (Å²) in [7, 11) is 0. The van der Waals surface area contributed by atoms with Gasteiger partial charge in [0.05, 0.1) is 0 Å². The van der Waals surface area contributed by atoms with Crippen molar-refractivity contribution < 1.29 is 0 Å². The third-order valence-electron chi connectivity index (χ3n) is 2.40. The molecule has 0 N–H and O–H groups in total. The molecule has 0 amide bonds. The fraction of sp³-hybridized carbons (Fsp3) is 0.455. The van der Waals surface area contributed by atoms with E-state index in [0.29, 0.717) is 11.8 Å². The van der Waals surface area contributed by atoms with E-state index in [0.717, 1.165) is 4.47 Å². The molecule has 0 radical (unpaired) electrons. The SMILES string of the molecule is CC(C)C(C)c1ccc(Br)cc1. The van der Waals surface area contributed by atoms with Crippen molar-refractivity contribution in [2.45, 2.75) is 26.7 Å². The minimum Gasteiger partial charge on any atom is -0.0622 e. The number of benzene rings is 1. The normalized spacial score (nSPS) is 13.4. The van der Waals surface area contributed by atoms with Gasteiger partial charge in [-0.15, -0.1) is 0 Å². The van der Waals surface area contributed by atoms with Crippen LogP contribution in [0.5, 0.6) is 0 Å². The van der Waals surface area contributed by atoms with Gasteiger partial charge in [-0.2, -0.15) is 0 Å². The van der Waals surface area contributed by atoms with Crippen LogP contribution in [0.15, 0.2) is 28.7 Å². The minimum atomic E-state index is 0.651. The van der Waals surface area contributed by atoms with Crippen LogP contribution in [0, 0.1) is 5.92 Å². The maximum Gasteiger partial charge on any atom is 0.0175 e. The second-order valence-corrected chi connectivity index (χ2v) is 4.50. The van der Waals surface area contributed by atoms with Crippen molar-refractivity contribution in [3.05, 3.63) is 34.3 Å². The summed E-state index contributed by atoms with van der Waals surface area (Å²) in [5, 5.41) is 0. The highest BCUT2D eigenvalue weighted by Gasteiger charge is 2.08. The minimum absolute atomic E-state index is 0.651. The van der Waals surface area contributed by atoms with Gasteiger partial charge in [0.1, 0.15) is 0 Å². The molecule has 0 saturated heterocycles. The Morgan fingerprint density at radius 2 is 1.50 bits per heavy atom. The fourth-order valence-corrected chi connectivity index (χ4v) is 1.42. The van der Waals surface area contributed by atoms with Crippen molar-refractivity contribution in [3.8, 4) is 0 Å². The van der Waals surface area contributed by atoms with Crippen molar-refractivity contribution >= 4 is 15.9 Å². The summed E-state index contributed by atoms with van der Waals surface area (Å²) in [6, 6.07) is 8.59. The Labute approximate surface area is 83.1 Å². The molecular formula is C11H15Br. The summed E-state index contributed by atoms with van der Waals surface area (Å²) in [5.74, 6) is 1.37. The predicted octanol–water partition coefficient (Wildman–Crippen LogP) is 4.21. The maximum atomic E-state index is 3.43. The average molecular weight is 227 g/mol. The number of hydrogen-bond donors (Lipinski definition) is 0. The van der Waals surface area contributed by atoms with E-state index in [1.54, 1.807) is 0 Å². The molecular weight excluding hydrogens is 212 g/mol. The van der Waals surface area contributed by atoms with Gasteiger partial charge in [-0.05, 0) is 29.5 Å². The molecule has 12 heavy (non-hydrogen) atoms.